The van der Waals surface area contributed by atoms with Crippen LogP contribution >= 0.6 is 0 Å². The number of carbonyl (C=O) groups is 2. The van der Waals surface area contributed by atoms with Crippen LogP contribution in [0.1, 0.15) is 12.8 Å². The Morgan fingerprint density at radius 2 is 2.06 bits per heavy atom. The normalized spacial score (nSPS) is 32.0. The lowest BCUT2D eigenvalue weighted by Crippen LogP contribution is -2.47. The fourth-order valence-corrected chi connectivity index (χ4v) is 2.64. The fraction of sp³-hybridized carbons (Fsp3) is 0.818. The van der Waals surface area contributed by atoms with Gasteiger partial charge in [0.2, 0.25) is 0 Å². The second-order valence-corrected chi connectivity index (χ2v) is 5.01. The maximum Gasteiger partial charge on any atom is 0.326 e. The SMILES string of the molecule is NCC1CCN(C(=O)N2CC(O)C[C@H]2C(=O)O)C1. The van der Waals surface area contributed by atoms with Crippen LogP contribution in [0.5, 0.6) is 0 Å². The van der Waals surface area contributed by atoms with E-state index in [1.807, 2.05) is 0 Å². The lowest BCUT2D eigenvalue weighted by atomic mass is 10.1. The molecule has 0 aromatic heterocycles. The summed E-state index contributed by atoms with van der Waals surface area (Å²) in [7, 11) is 0. The molecule has 0 aliphatic carbocycles. The monoisotopic (exact) mass is 257 g/mol. The first-order valence-corrected chi connectivity index (χ1v) is 6.19. The molecule has 0 saturated carbocycles. The third-order valence-corrected chi connectivity index (χ3v) is 3.70. The van der Waals surface area contributed by atoms with E-state index in [1.54, 1.807) is 4.90 Å². The number of aliphatic carboxylic acids is 1. The molecule has 2 amide bonds. The van der Waals surface area contributed by atoms with Crippen molar-refractivity contribution < 1.29 is 19.8 Å². The summed E-state index contributed by atoms with van der Waals surface area (Å²) >= 11 is 0. The molecule has 2 unspecified atom stereocenters. The molecule has 0 aromatic rings. The van der Waals surface area contributed by atoms with Crippen molar-refractivity contribution in [2.75, 3.05) is 26.2 Å². The third kappa shape index (κ3) is 2.41. The van der Waals surface area contributed by atoms with Crippen molar-refractivity contribution in [2.45, 2.75) is 25.0 Å². The van der Waals surface area contributed by atoms with E-state index in [2.05, 4.69) is 0 Å². The van der Waals surface area contributed by atoms with Crippen LogP contribution in [0.4, 0.5) is 4.79 Å². The van der Waals surface area contributed by atoms with Crippen molar-refractivity contribution in [3.63, 3.8) is 0 Å². The minimum atomic E-state index is -1.06. The van der Waals surface area contributed by atoms with Crippen molar-refractivity contribution in [1.29, 1.82) is 0 Å². The maximum absolute atomic E-state index is 12.2. The second kappa shape index (κ2) is 5.11. The van der Waals surface area contributed by atoms with E-state index in [0.717, 1.165) is 6.42 Å². The van der Waals surface area contributed by atoms with E-state index in [-0.39, 0.29) is 19.0 Å². The number of carbonyl (C=O) groups excluding carboxylic acids is 1. The minimum Gasteiger partial charge on any atom is -0.480 e. The van der Waals surface area contributed by atoms with E-state index in [9.17, 15) is 14.7 Å². The summed E-state index contributed by atoms with van der Waals surface area (Å²) in [5.41, 5.74) is 5.56. The quantitative estimate of drug-likeness (QED) is 0.582. The van der Waals surface area contributed by atoms with Gasteiger partial charge < -0.3 is 25.7 Å². The van der Waals surface area contributed by atoms with Gasteiger partial charge in [-0.2, -0.15) is 0 Å². The zero-order valence-electron chi connectivity index (χ0n) is 10.2. The van der Waals surface area contributed by atoms with Crippen molar-refractivity contribution >= 4 is 12.0 Å². The first-order chi connectivity index (χ1) is 8.52. The maximum atomic E-state index is 12.2. The van der Waals surface area contributed by atoms with Gasteiger partial charge in [0.15, 0.2) is 0 Å². The Morgan fingerprint density at radius 1 is 1.33 bits per heavy atom. The van der Waals surface area contributed by atoms with Gasteiger partial charge in [0, 0.05) is 26.1 Å². The highest BCUT2D eigenvalue weighted by molar-refractivity contribution is 5.83. The molecular weight excluding hydrogens is 238 g/mol. The van der Waals surface area contributed by atoms with Gasteiger partial charge in [0.05, 0.1) is 6.10 Å². The number of nitrogens with two attached hydrogens (primary N) is 1. The highest BCUT2D eigenvalue weighted by Gasteiger charge is 2.41. The Hall–Kier alpha value is -1.34. The topological polar surface area (TPSA) is 107 Å². The molecule has 0 spiro atoms. The molecule has 2 rings (SSSR count). The van der Waals surface area contributed by atoms with Crippen molar-refractivity contribution in [1.82, 2.24) is 9.80 Å². The highest BCUT2D eigenvalue weighted by atomic mass is 16.4. The molecule has 18 heavy (non-hydrogen) atoms. The molecule has 2 heterocycles. The number of likely N-dealkylation sites (tertiary alicyclic amines) is 2. The Bertz CT molecular complexity index is 349. The van der Waals surface area contributed by atoms with Crippen LogP contribution in [0.3, 0.4) is 0 Å². The Kier molecular flexibility index (Phi) is 3.72. The number of hydrogen-bond donors (Lipinski definition) is 3. The van der Waals surface area contributed by atoms with Gasteiger partial charge in [-0.3, -0.25) is 0 Å². The van der Waals surface area contributed by atoms with E-state index in [1.165, 1.54) is 4.90 Å². The summed E-state index contributed by atoms with van der Waals surface area (Å²) in [6, 6.07) is -1.21. The lowest BCUT2D eigenvalue weighted by Gasteiger charge is -2.27. The number of aliphatic hydroxyl groups is 1. The minimum absolute atomic E-state index is 0.0968. The Labute approximate surface area is 105 Å². The number of carboxylic acid groups (broad SMARTS) is 1. The van der Waals surface area contributed by atoms with Gasteiger partial charge in [0.1, 0.15) is 6.04 Å². The molecule has 0 radical (unpaired) electrons. The van der Waals surface area contributed by atoms with Crippen molar-refractivity contribution in [3.05, 3.63) is 0 Å². The molecule has 2 aliphatic rings. The van der Waals surface area contributed by atoms with Gasteiger partial charge in [-0.05, 0) is 18.9 Å². The summed E-state index contributed by atoms with van der Waals surface area (Å²) in [6.45, 7) is 1.82. The van der Waals surface area contributed by atoms with Crippen LogP contribution in [0, 0.1) is 5.92 Å². The molecule has 2 aliphatic heterocycles. The largest absolute Gasteiger partial charge is 0.480 e. The number of β-amino-alcohol motifs (C(OH)–C–C–N with tert-alkyl or cyclic N) is 1. The highest BCUT2D eigenvalue weighted by Crippen LogP contribution is 2.23. The molecular formula is C11H19N3O4. The summed E-state index contributed by atoms with van der Waals surface area (Å²) in [4.78, 5) is 26.1. The average Bonchev–Trinajstić information content (AvgIpc) is 2.94. The molecule has 0 bridgehead atoms. The zero-order valence-corrected chi connectivity index (χ0v) is 10.2. The smallest absolute Gasteiger partial charge is 0.326 e. The van der Waals surface area contributed by atoms with E-state index in [4.69, 9.17) is 10.8 Å². The van der Waals surface area contributed by atoms with E-state index in [0.29, 0.717) is 25.6 Å². The van der Waals surface area contributed by atoms with Gasteiger partial charge >= 0.3 is 12.0 Å². The molecule has 0 aromatic carbocycles. The molecule has 2 saturated heterocycles. The van der Waals surface area contributed by atoms with Gasteiger partial charge in [-0.15, -0.1) is 0 Å². The van der Waals surface area contributed by atoms with Crippen LogP contribution in [-0.2, 0) is 4.79 Å². The molecule has 2 fully saturated rings. The molecule has 7 nitrogen and oxygen atoms in total. The second-order valence-electron chi connectivity index (χ2n) is 5.01. The first kappa shape index (κ1) is 13.1. The van der Waals surface area contributed by atoms with Crippen LogP contribution in [0.2, 0.25) is 0 Å². The number of hydrogen-bond acceptors (Lipinski definition) is 4. The number of amides is 2. The van der Waals surface area contributed by atoms with Gasteiger partial charge in [-0.1, -0.05) is 0 Å². The third-order valence-electron chi connectivity index (χ3n) is 3.70. The number of carboxylic acids is 1. The number of aliphatic hydroxyl groups excluding tert-OH is 1. The zero-order chi connectivity index (χ0) is 13.3. The summed E-state index contributed by atoms with van der Waals surface area (Å²) in [5, 5.41) is 18.6. The van der Waals surface area contributed by atoms with E-state index < -0.39 is 18.1 Å². The number of rotatable bonds is 2. The summed E-state index contributed by atoms with van der Waals surface area (Å²) in [6.07, 6.45) is 0.217. The van der Waals surface area contributed by atoms with Crippen LogP contribution in [-0.4, -0.2) is 70.3 Å². The van der Waals surface area contributed by atoms with Crippen LogP contribution in [0.15, 0.2) is 0 Å². The predicted molar refractivity (Wildman–Crippen MR) is 62.9 cm³/mol. The number of urea groups is 1. The van der Waals surface area contributed by atoms with E-state index >= 15 is 0 Å². The molecule has 4 N–H and O–H groups in total. The van der Waals surface area contributed by atoms with Gasteiger partial charge in [0.25, 0.3) is 0 Å². The first-order valence-electron chi connectivity index (χ1n) is 6.19. The summed E-state index contributed by atoms with van der Waals surface area (Å²) < 4.78 is 0. The summed E-state index contributed by atoms with van der Waals surface area (Å²) in [5.74, 6) is -0.765. The predicted octanol–water partition coefficient (Wildman–Crippen LogP) is -1.09. The molecule has 3 atom stereocenters. The molecule has 102 valence electrons. The standard InChI is InChI=1S/C11H19N3O4/c12-4-7-1-2-13(5-7)11(18)14-6-8(15)3-9(14)10(16)17/h7-9,15H,1-6,12H2,(H,16,17)/t7?,8?,9-/m0/s1. The van der Waals surface area contributed by atoms with Crippen molar-refractivity contribution in [3.8, 4) is 0 Å². The Morgan fingerprint density at radius 3 is 2.61 bits per heavy atom. The molecule has 7 heteroatoms. The number of nitrogens with zero attached hydrogens (tertiary/aromatic N) is 2. The van der Waals surface area contributed by atoms with Gasteiger partial charge in [-0.25, -0.2) is 9.59 Å². The van der Waals surface area contributed by atoms with Crippen molar-refractivity contribution in [2.24, 2.45) is 11.7 Å². The Balaban J connectivity index is 2.02. The van der Waals surface area contributed by atoms with Crippen LogP contribution < -0.4 is 5.73 Å². The average molecular weight is 257 g/mol. The van der Waals surface area contributed by atoms with Crippen LogP contribution in [0.25, 0.3) is 0 Å². The fourth-order valence-electron chi connectivity index (χ4n) is 2.64. The lowest BCUT2D eigenvalue weighted by molar-refractivity contribution is -0.141.